The number of ether oxygens (including phenoxy) is 1. The van der Waals surface area contributed by atoms with Gasteiger partial charge in [0.15, 0.2) is 0 Å². The molecule has 1 unspecified atom stereocenters. The lowest BCUT2D eigenvalue weighted by Gasteiger charge is -2.39. The molecule has 2 heterocycles. The number of pyridine rings is 1. The largest absolute Gasteiger partial charge is 0.443 e. The van der Waals surface area contributed by atoms with Crippen LogP contribution < -0.4 is 4.90 Å². The maximum Gasteiger partial charge on any atom is 0.416 e. The Labute approximate surface area is 170 Å². The van der Waals surface area contributed by atoms with E-state index in [0.717, 1.165) is 38.0 Å². The third-order valence-corrected chi connectivity index (χ3v) is 5.89. The van der Waals surface area contributed by atoms with E-state index in [2.05, 4.69) is 24.8 Å². The normalized spacial score (nSPS) is 21.9. The molecule has 2 aliphatic rings. The molecule has 1 aromatic heterocycles. The minimum absolute atomic E-state index is 0.190. The van der Waals surface area contributed by atoms with Crippen LogP contribution in [-0.2, 0) is 4.74 Å². The Hall–Kier alpha value is -1.62. The molecule has 0 radical (unpaired) electrons. The molecule has 28 heavy (non-hydrogen) atoms. The molecule has 5 heteroatoms. The van der Waals surface area contributed by atoms with Crippen molar-refractivity contribution < 1.29 is 9.53 Å². The fourth-order valence-electron chi connectivity index (χ4n) is 4.57. The Morgan fingerprint density at radius 2 is 1.82 bits per heavy atom. The molecular weight excluding hydrogens is 350 g/mol. The smallest absolute Gasteiger partial charge is 0.416 e. The van der Waals surface area contributed by atoms with Gasteiger partial charge < -0.3 is 4.74 Å². The first-order chi connectivity index (χ1) is 13.3. The van der Waals surface area contributed by atoms with Crippen LogP contribution in [0.15, 0.2) is 18.3 Å². The number of aromatic nitrogens is 1. The van der Waals surface area contributed by atoms with Gasteiger partial charge in [0.05, 0.1) is 0 Å². The van der Waals surface area contributed by atoms with Crippen LogP contribution >= 0.6 is 0 Å². The molecule has 1 atom stereocenters. The number of carbonyl (C=O) groups is 1. The Balaban J connectivity index is 1.82. The van der Waals surface area contributed by atoms with E-state index in [9.17, 15) is 4.79 Å². The first-order valence-corrected chi connectivity index (χ1v) is 11.0. The minimum Gasteiger partial charge on any atom is -0.443 e. The number of rotatable bonds is 4. The summed E-state index contributed by atoms with van der Waals surface area (Å²) in [7, 11) is 0. The van der Waals surface area contributed by atoms with Crippen molar-refractivity contribution >= 4 is 11.9 Å². The first kappa shape index (κ1) is 21.1. The maximum absolute atomic E-state index is 12.9. The maximum atomic E-state index is 12.9. The summed E-state index contributed by atoms with van der Waals surface area (Å²) in [5, 5.41) is 0. The SMILES string of the molecule is CC(C)N1CCCCC1c1ccc(N(C(=O)OC(C)(C)C)C2CCCC2)nc1. The van der Waals surface area contributed by atoms with Crippen LogP contribution in [0.5, 0.6) is 0 Å². The van der Waals surface area contributed by atoms with Gasteiger partial charge in [0.25, 0.3) is 0 Å². The second-order valence-corrected chi connectivity index (χ2v) is 9.58. The topological polar surface area (TPSA) is 45.7 Å². The lowest BCUT2D eigenvalue weighted by Crippen LogP contribution is -2.43. The predicted molar refractivity (Wildman–Crippen MR) is 114 cm³/mol. The van der Waals surface area contributed by atoms with Crippen molar-refractivity contribution in [2.45, 2.75) is 103 Å². The van der Waals surface area contributed by atoms with E-state index in [-0.39, 0.29) is 12.1 Å². The van der Waals surface area contributed by atoms with E-state index in [1.165, 1.54) is 24.8 Å². The third-order valence-electron chi connectivity index (χ3n) is 5.89. The fourth-order valence-corrected chi connectivity index (χ4v) is 4.57. The summed E-state index contributed by atoms with van der Waals surface area (Å²) in [4.78, 5) is 22.0. The highest BCUT2D eigenvalue weighted by Gasteiger charge is 2.33. The van der Waals surface area contributed by atoms with Crippen LogP contribution in [0.25, 0.3) is 0 Å². The van der Waals surface area contributed by atoms with E-state index in [1.54, 1.807) is 4.90 Å². The van der Waals surface area contributed by atoms with Gasteiger partial charge in [-0.15, -0.1) is 0 Å². The van der Waals surface area contributed by atoms with Crippen LogP contribution in [0, 0.1) is 0 Å². The second kappa shape index (κ2) is 8.81. The van der Waals surface area contributed by atoms with Gasteiger partial charge in [0.2, 0.25) is 0 Å². The molecule has 1 amide bonds. The molecule has 0 bridgehead atoms. The number of carbonyl (C=O) groups excluding carboxylic acids is 1. The fraction of sp³-hybridized carbons (Fsp3) is 0.739. The molecule has 0 spiro atoms. The number of likely N-dealkylation sites (tertiary alicyclic amines) is 1. The van der Waals surface area contributed by atoms with Gasteiger partial charge in [0.1, 0.15) is 11.4 Å². The lowest BCUT2D eigenvalue weighted by molar-refractivity contribution is 0.0564. The summed E-state index contributed by atoms with van der Waals surface area (Å²) >= 11 is 0. The highest BCUT2D eigenvalue weighted by molar-refractivity contribution is 5.87. The number of hydrogen-bond acceptors (Lipinski definition) is 4. The monoisotopic (exact) mass is 387 g/mol. The molecule has 2 fully saturated rings. The number of amides is 1. The zero-order chi connectivity index (χ0) is 20.3. The highest BCUT2D eigenvalue weighted by atomic mass is 16.6. The number of piperidine rings is 1. The predicted octanol–water partition coefficient (Wildman–Crippen LogP) is 5.70. The molecule has 1 aliphatic carbocycles. The van der Waals surface area contributed by atoms with Crippen molar-refractivity contribution in [3.63, 3.8) is 0 Å². The van der Waals surface area contributed by atoms with E-state index in [4.69, 9.17) is 9.72 Å². The summed E-state index contributed by atoms with van der Waals surface area (Å²) in [6.07, 6.45) is 9.78. The van der Waals surface area contributed by atoms with Gasteiger partial charge in [0, 0.05) is 24.3 Å². The molecule has 1 aromatic rings. The summed E-state index contributed by atoms with van der Waals surface area (Å²) in [5.74, 6) is 0.719. The Kier molecular flexibility index (Phi) is 6.64. The van der Waals surface area contributed by atoms with Gasteiger partial charge in [-0.1, -0.05) is 25.3 Å². The number of anilines is 1. The van der Waals surface area contributed by atoms with Crippen molar-refractivity contribution in [1.29, 1.82) is 0 Å². The molecule has 0 aromatic carbocycles. The standard InChI is InChI=1S/C23H37N3O2/c1-17(2)25-15-9-8-12-20(25)18-13-14-21(24-16-18)26(19-10-6-7-11-19)22(27)28-23(3,4)5/h13-14,16-17,19-20H,6-12,15H2,1-5H3. The molecule has 0 N–H and O–H groups in total. The van der Waals surface area contributed by atoms with Gasteiger partial charge in [-0.2, -0.15) is 0 Å². The molecule has 5 nitrogen and oxygen atoms in total. The van der Waals surface area contributed by atoms with Crippen molar-refractivity contribution in [3.8, 4) is 0 Å². The van der Waals surface area contributed by atoms with Gasteiger partial charge in [-0.25, -0.2) is 9.78 Å². The van der Waals surface area contributed by atoms with Gasteiger partial charge in [-0.3, -0.25) is 9.80 Å². The Morgan fingerprint density at radius 3 is 2.39 bits per heavy atom. The summed E-state index contributed by atoms with van der Waals surface area (Å²) < 4.78 is 5.70. The Bertz CT molecular complexity index is 645. The van der Waals surface area contributed by atoms with Crippen LogP contribution in [0.2, 0.25) is 0 Å². The number of nitrogens with zero attached hydrogens (tertiary/aromatic N) is 3. The molecule has 1 saturated carbocycles. The van der Waals surface area contributed by atoms with E-state index in [0.29, 0.717) is 12.1 Å². The molecule has 1 saturated heterocycles. The van der Waals surface area contributed by atoms with E-state index < -0.39 is 5.60 Å². The van der Waals surface area contributed by atoms with Gasteiger partial charge in [-0.05, 0) is 78.5 Å². The van der Waals surface area contributed by atoms with Crippen LogP contribution in [0.3, 0.4) is 0 Å². The highest BCUT2D eigenvalue weighted by Crippen LogP contribution is 2.34. The van der Waals surface area contributed by atoms with E-state index >= 15 is 0 Å². The first-order valence-electron chi connectivity index (χ1n) is 11.0. The number of hydrogen-bond donors (Lipinski definition) is 0. The third kappa shape index (κ3) is 5.05. The molecule has 156 valence electrons. The molecule has 1 aliphatic heterocycles. The molecule has 3 rings (SSSR count). The van der Waals surface area contributed by atoms with Gasteiger partial charge >= 0.3 is 6.09 Å². The quantitative estimate of drug-likeness (QED) is 0.665. The summed E-state index contributed by atoms with van der Waals surface area (Å²) in [6.45, 7) is 11.4. The van der Waals surface area contributed by atoms with Crippen LogP contribution in [-0.4, -0.2) is 40.2 Å². The van der Waals surface area contributed by atoms with Crippen molar-refractivity contribution in [3.05, 3.63) is 23.9 Å². The summed E-state index contributed by atoms with van der Waals surface area (Å²) in [5.41, 5.74) is 0.751. The average Bonchev–Trinajstić information content (AvgIpc) is 3.15. The lowest BCUT2D eigenvalue weighted by atomic mass is 9.95. The summed E-state index contributed by atoms with van der Waals surface area (Å²) in [6, 6.07) is 5.33. The second-order valence-electron chi connectivity index (χ2n) is 9.58. The zero-order valence-electron chi connectivity index (χ0n) is 18.3. The Morgan fingerprint density at radius 1 is 1.14 bits per heavy atom. The van der Waals surface area contributed by atoms with Crippen LogP contribution in [0.1, 0.15) is 91.2 Å². The van der Waals surface area contributed by atoms with E-state index in [1.807, 2.05) is 33.0 Å². The minimum atomic E-state index is -0.506. The van der Waals surface area contributed by atoms with Crippen molar-refractivity contribution in [2.24, 2.45) is 0 Å². The van der Waals surface area contributed by atoms with Crippen molar-refractivity contribution in [1.82, 2.24) is 9.88 Å². The van der Waals surface area contributed by atoms with Crippen LogP contribution in [0.4, 0.5) is 10.6 Å². The zero-order valence-corrected chi connectivity index (χ0v) is 18.3. The molecular formula is C23H37N3O2. The average molecular weight is 388 g/mol. The van der Waals surface area contributed by atoms with Crippen molar-refractivity contribution in [2.75, 3.05) is 11.4 Å².